The summed E-state index contributed by atoms with van der Waals surface area (Å²) in [4.78, 5) is 11.2. The SMILES string of the molecule is O=CC1(S(=O)(=O)c2ccc3ccccc3c2)CC1. The van der Waals surface area contributed by atoms with Crippen molar-refractivity contribution in [3.05, 3.63) is 42.5 Å². The highest BCUT2D eigenvalue weighted by Crippen LogP contribution is 2.45. The number of carbonyl (C=O) groups excluding carboxylic acids is 1. The molecule has 0 aromatic heterocycles. The van der Waals surface area contributed by atoms with Gasteiger partial charge in [-0.2, -0.15) is 0 Å². The Morgan fingerprint density at radius 2 is 1.67 bits per heavy atom. The molecule has 1 fully saturated rings. The van der Waals surface area contributed by atoms with Crippen molar-refractivity contribution in [1.29, 1.82) is 0 Å². The third-order valence-corrected chi connectivity index (χ3v) is 5.97. The van der Waals surface area contributed by atoms with Crippen molar-refractivity contribution in [2.75, 3.05) is 0 Å². The summed E-state index contributed by atoms with van der Waals surface area (Å²) in [6.45, 7) is 0. The highest BCUT2D eigenvalue weighted by molar-refractivity contribution is 7.93. The molecule has 92 valence electrons. The second kappa shape index (κ2) is 3.65. The molecule has 2 aromatic carbocycles. The molecule has 0 bridgehead atoms. The Morgan fingerprint density at radius 1 is 1.00 bits per heavy atom. The normalized spacial score (nSPS) is 17.6. The predicted octanol–water partition coefficient (Wildman–Crippen LogP) is 2.35. The molecule has 3 nitrogen and oxygen atoms in total. The third kappa shape index (κ3) is 1.49. The van der Waals surface area contributed by atoms with Crippen LogP contribution in [0, 0.1) is 0 Å². The van der Waals surface area contributed by atoms with Crippen LogP contribution in [0.1, 0.15) is 12.8 Å². The van der Waals surface area contributed by atoms with E-state index in [9.17, 15) is 13.2 Å². The van der Waals surface area contributed by atoms with Crippen LogP contribution in [0.15, 0.2) is 47.4 Å². The first kappa shape index (κ1) is 11.4. The van der Waals surface area contributed by atoms with E-state index >= 15 is 0 Å². The summed E-state index contributed by atoms with van der Waals surface area (Å²) >= 11 is 0. The Bertz CT molecular complexity index is 728. The number of carbonyl (C=O) groups is 1. The Balaban J connectivity index is 2.18. The van der Waals surface area contributed by atoms with Crippen LogP contribution in [0.3, 0.4) is 0 Å². The molecule has 0 N–H and O–H groups in total. The smallest absolute Gasteiger partial charge is 0.190 e. The molecule has 0 atom stereocenters. The molecule has 0 spiro atoms. The average Bonchev–Trinajstić information content (AvgIpc) is 3.19. The van der Waals surface area contributed by atoms with E-state index in [0.717, 1.165) is 10.8 Å². The van der Waals surface area contributed by atoms with Crippen LogP contribution in [0.2, 0.25) is 0 Å². The van der Waals surface area contributed by atoms with E-state index in [4.69, 9.17) is 0 Å². The molecule has 1 aliphatic carbocycles. The van der Waals surface area contributed by atoms with Crippen LogP contribution in [-0.2, 0) is 14.6 Å². The van der Waals surface area contributed by atoms with Crippen LogP contribution < -0.4 is 0 Å². The highest BCUT2D eigenvalue weighted by atomic mass is 32.2. The van der Waals surface area contributed by atoms with Gasteiger partial charge in [0, 0.05) is 0 Å². The van der Waals surface area contributed by atoms with E-state index in [0.29, 0.717) is 19.1 Å². The number of hydrogen-bond acceptors (Lipinski definition) is 3. The fraction of sp³-hybridized carbons (Fsp3) is 0.214. The molecule has 1 aliphatic rings. The van der Waals surface area contributed by atoms with Crippen molar-refractivity contribution in [2.24, 2.45) is 0 Å². The summed E-state index contributed by atoms with van der Waals surface area (Å²) < 4.78 is 23.6. The van der Waals surface area contributed by atoms with E-state index < -0.39 is 14.6 Å². The lowest BCUT2D eigenvalue weighted by Gasteiger charge is -2.10. The Hall–Kier alpha value is -1.68. The molecular formula is C14H12O3S. The summed E-state index contributed by atoms with van der Waals surface area (Å²) in [5, 5.41) is 1.87. The first-order valence-electron chi connectivity index (χ1n) is 5.79. The molecule has 0 saturated heterocycles. The monoisotopic (exact) mass is 260 g/mol. The Labute approximate surface area is 105 Å². The number of sulfone groups is 1. The van der Waals surface area contributed by atoms with E-state index in [1.165, 1.54) is 0 Å². The van der Waals surface area contributed by atoms with Crippen LogP contribution in [0.5, 0.6) is 0 Å². The van der Waals surface area contributed by atoms with Gasteiger partial charge in [-0.15, -0.1) is 0 Å². The van der Waals surface area contributed by atoms with E-state index in [-0.39, 0.29) is 4.90 Å². The maximum absolute atomic E-state index is 12.4. The maximum atomic E-state index is 12.4. The third-order valence-electron chi connectivity index (χ3n) is 3.52. The van der Waals surface area contributed by atoms with Gasteiger partial charge in [0.15, 0.2) is 9.84 Å². The molecule has 0 radical (unpaired) electrons. The molecule has 3 rings (SSSR count). The van der Waals surface area contributed by atoms with Crippen LogP contribution in [0.4, 0.5) is 0 Å². The van der Waals surface area contributed by atoms with Gasteiger partial charge in [0.05, 0.1) is 4.90 Å². The van der Waals surface area contributed by atoms with Gasteiger partial charge < -0.3 is 4.79 Å². The number of fused-ring (bicyclic) bond motifs is 1. The minimum absolute atomic E-state index is 0.241. The molecule has 18 heavy (non-hydrogen) atoms. The summed E-state index contributed by atoms with van der Waals surface area (Å²) in [5.41, 5.74) is 0. The van der Waals surface area contributed by atoms with Crippen molar-refractivity contribution in [3.63, 3.8) is 0 Å². The fourth-order valence-electron chi connectivity index (χ4n) is 2.14. The average molecular weight is 260 g/mol. The second-order valence-corrected chi connectivity index (χ2v) is 6.99. The van der Waals surface area contributed by atoms with Crippen LogP contribution >= 0.6 is 0 Å². The van der Waals surface area contributed by atoms with Gasteiger partial charge in [-0.25, -0.2) is 8.42 Å². The van der Waals surface area contributed by atoms with Crippen LogP contribution in [-0.4, -0.2) is 19.5 Å². The van der Waals surface area contributed by atoms with Gasteiger partial charge in [-0.3, -0.25) is 0 Å². The largest absolute Gasteiger partial charge is 0.302 e. The van der Waals surface area contributed by atoms with Crippen molar-refractivity contribution >= 4 is 26.9 Å². The number of aldehydes is 1. The summed E-state index contributed by atoms with van der Waals surface area (Å²) in [6, 6.07) is 12.6. The zero-order valence-electron chi connectivity index (χ0n) is 9.67. The first-order chi connectivity index (χ1) is 8.59. The van der Waals surface area contributed by atoms with E-state index in [1.54, 1.807) is 18.2 Å². The molecule has 0 amide bonds. The van der Waals surface area contributed by atoms with Gasteiger partial charge in [0.2, 0.25) is 0 Å². The minimum Gasteiger partial charge on any atom is -0.302 e. The van der Waals surface area contributed by atoms with Gasteiger partial charge in [-0.05, 0) is 35.7 Å². The number of rotatable bonds is 3. The Morgan fingerprint density at radius 3 is 2.28 bits per heavy atom. The molecule has 0 heterocycles. The molecule has 0 unspecified atom stereocenters. The molecule has 2 aromatic rings. The fourth-order valence-corrected chi connectivity index (χ4v) is 3.91. The topological polar surface area (TPSA) is 51.2 Å². The predicted molar refractivity (Wildman–Crippen MR) is 69.2 cm³/mol. The molecule has 1 saturated carbocycles. The highest BCUT2D eigenvalue weighted by Gasteiger charge is 2.55. The van der Waals surface area contributed by atoms with E-state index in [1.807, 2.05) is 24.3 Å². The van der Waals surface area contributed by atoms with Gasteiger partial charge in [0.1, 0.15) is 11.0 Å². The van der Waals surface area contributed by atoms with E-state index in [2.05, 4.69) is 0 Å². The molecule has 0 aliphatic heterocycles. The first-order valence-corrected chi connectivity index (χ1v) is 7.27. The number of hydrogen-bond donors (Lipinski definition) is 0. The zero-order chi connectivity index (χ0) is 12.8. The van der Waals surface area contributed by atoms with Gasteiger partial charge in [-0.1, -0.05) is 30.3 Å². The summed E-state index contributed by atoms with van der Waals surface area (Å²) in [6.07, 6.45) is 1.45. The van der Waals surface area contributed by atoms with Crippen molar-refractivity contribution < 1.29 is 13.2 Å². The summed E-state index contributed by atoms with van der Waals surface area (Å²) in [7, 11) is -3.54. The zero-order valence-corrected chi connectivity index (χ0v) is 10.5. The van der Waals surface area contributed by atoms with Crippen molar-refractivity contribution in [3.8, 4) is 0 Å². The second-order valence-electron chi connectivity index (χ2n) is 4.70. The Kier molecular flexibility index (Phi) is 2.32. The number of benzene rings is 2. The van der Waals surface area contributed by atoms with Gasteiger partial charge in [0.25, 0.3) is 0 Å². The minimum atomic E-state index is -3.54. The maximum Gasteiger partial charge on any atom is 0.190 e. The van der Waals surface area contributed by atoms with Crippen LogP contribution in [0.25, 0.3) is 10.8 Å². The lowest BCUT2D eigenvalue weighted by Crippen LogP contribution is -2.24. The standard InChI is InChI=1S/C14H12O3S/c15-10-14(7-8-14)18(16,17)13-6-5-11-3-1-2-4-12(11)9-13/h1-6,9-10H,7-8H2. The van der Waals surface area contributed by atoms with Crippen molar-refractivity contribution in [1.82, 2.24) is 0 Å². The van der Waals surface area contributed by atoms with Crippen molar-refractivity contribution in [2.45, 2.75) is 22.5 Å². The lowest BCUT2D eigenvalue weighted by molar-refractivity contribution is -0.108. The molecular weight excluding hydrogens is 248 g/mol. The summed E-state index contributed by atoms with van der Waals surface area (Å²) in [5.74, 6) is 0. The molecule has 4 heteroatoms. The van der Waals surface area contributed by atoms with Gasteiger partial charge >= 0.3 is 0 Å². The quantitative estimate of drug-likeness (QED) is 0.796. The lowest BCUT2D eigenvalue weighted by atomic mass is 10.1.